The molecule has 0 saturated heterocycles. The first-order chi connectivity index (χ1) is 7.92. The van der Waals surface area contributed by atoms with Crippen LogP contribution >= 0.6 is 0 Å². The second-order valence-electron chi connectivity index (χ2n) is 2.90. The molecule has 0 atom stereocenters. The molecule has 1 aromatic carbocycles. The standard InChI is InChI=1S/C10H7F4NO2/c11-8-5-7(6-15)1-2-9(8)16-3-4-17-10(12,13)14/h1-2,5H,3-4H2. The van der Waals surface area contributed by atoms with Gasteiger partial charge in [-0.15, -0.1) is 13.2 Å². The molecule has 0 heterocycles. The van der Waals surface area contributed by atoms with Gasteiger partial charge in [-0.1, -0.05) is 0 Å². The van der Waals surface area contributed by atoms with Crippen LogP contribution in [-0.2, 0) is 4.74 Å². The van der Waals surface area contributed by atoms with Crippen LogP contribution in [0.4, 0.5) is 17.6 Å². The van der Waals surface area contributed by atoms with E-state index in [9.17, 15) is 17.6 Å². The van der Waals surface area contributed by atoms with E-state index in [1.807, 2.05) is 0 Å². The zero-order chi connectivity index (χ0) is 12.9. The molecule has 0 aliphatic heterocycles. The summed E-state index contributed by atoms with van der Waals surface area (Å²) in [5, 5.41) is 8.45. The molecule has 0 aliphatic rings. The molecule has 3 nitrogen and oxygen atoms in total. The maximum Gasteiger partial charge on any atom is 0.522 e. The minimum atomic E-state index is -4.73. The van der Waals surface area contributed by atoms with Crippen molar-refractivity contribution in [2.75, 3.05) is 13.2 Å². The van der Waals surface area contributed by atoms with Crippen molar-refractivity contribution in [2.45, 2.75) is 6.36 Å². The van der Waals surface area contributed by atoms with Gasteiger partial charge in [0.05, 0.1) is 18.2 Å². The number of ether oxygens (including phenoxy) is 2. The number of hydrogen-bond donors (Lipinski definition) is 0. The van der Waals surface area contributed by atoms with E-state index in [1.165, 1.54) is 12.1 Å². The Balaban J connectivity index is 2.45. The van der Waals surface area contributed by atoms with Crippen molar-refractivity contribution in [3.63, 3.8) is 0 Å². The van der Waals surface area contributed by atoms with Gasteiger partial charge in [-0.05, 0) is 18.2 Å². The average molecular weight is 249 g/mol. The van der Waals surface area contributed by atoms with E-state index in [-0.39, 0.29) is 11.3 Å². The van der Waals surface area contributed by atoms with Gasteiger partial charge in [0.15, 0.2) is 11.6 Å². The van der Waals surface area contributed by atoms with Gasteiger partial charge in [0.2, 0.25) is 0 Å². The first-order valence-corrected chi connectivity index (χ1v) is 4.45. The fraction of sp³-hybridized carbons (Fsp3) is 0.300. The molecule has 0 amide bonds. The molecule has 0 aromatic heterocycles. The van der Waals surface area contributed by atoms with E-state index >= 15 is 0 Å². The third kappa shape index (κ3) is 4.70. The third-order valence-corrected chi connectivity index (χ3v) is 1.67. The Kier molecular flexibility index (Phi) is 4.29. The second kappa shape index (κ2) is 5.50. The van der Waals surface area contributed by atoms with Crippen LogP contribution in [0.25, 0.3) is 0 Å². The molecule has 1 aromatic rings. The van der Waals surface area contributed by atoms with Gasteiger partial charge in [-0.25, -0.2) is 4.39 Å². The first kappa shape index (κ1) is 13.3. The molecule has 0 radical (unpaired) electrons. The Labute approximate surface area is 94.2 Å². The van der Waals surface area contributed by atoms with Crippen molar-refractivity contribution in [3.8, 4) is 11.8 Å². The number of halogens is 4. The lowest BCUT2D eigenvalue weighted by Crippen LogP contribution is -2.18. The molecular weight excluding hydrogens is 242 g/mol. The van der Waals surface area contributed by atoms with Gasteiger partial charge in [-0.2, -0.15) is 5.26 Å². The molecule has 1 rings (SSSR count). The second-order valence-corrected chi connectivity index (χ2v) is 2.90. The van der Waals surface area contributed by atoms with Crippen LogP contribution in [0, 0.1) is 17.1 Å². The topological polar surface area (TPSA) is 42.2 Å². The highest BCUT2D eigenvalue weighted by atomic mass is 19.4. The summed E-state index contributed by atoms with van der Waals surface area (Å²) in [5.41, 5.74) is 0.0985. The summed E-state index contributed by atoms with van der Waals surface area (Å²) in [5.74, 6) is -1.04. The van der Waals surface area contributed by atoms with Gasteiger partial charge in [0, 0.05) is 0 Å². The van der Waals surface area contributed by atoms with Gasteiger partial charge < -0.3 is 4.74 Å². The van der Waals surface area contributed by atoms with Crippen molar-refractivity contribution in [3.05, 3.63) is 29.6 Å². The number of benzene rings is 1. The summed E-state index contributed by atoms with van der Waals surface area (Å²) in [6.45, 7) is -1.18. The summed E-state index contributed by atoms with van der Waals surface area (Å²) in [4.78, 5) is 0. The highest BCUT2D eigenvalue weighted by Gasteiger charge is 2.28. The fourth-order valence-corrected chi connectivity index (χ4v) is 0.996. The normalized spacial score (nSPS) is 11.0. The van der Waals surface area contributed by atoms with E-state index in [4.69, 9.17) is 10.00 Å². The van der Waals surface area contributed by atoms with Crippen LogP contribution in [0.5, 0.6) is 5.75 Å². The number of hydrogen-bond acceptors (Lipinski definition) is 3. The predicted octanol–water partition coefficient (Wildman–Crippen LogP) is 2.61. The Morgan fingerprint density at radius 2 is 1.94 bits per heavy atom. The monoisotopic (exact) mass is 249 g/mol. The Morgan fingerprint density at radius 1 is 1.24 bits per heavy atom. The van der Waals surface area contributed by atoms with Crippen molar-refractivity contribution >= 4 is 0 Å². The van der Waals surface area contributed by atoms with Gasteiger partial charge >= 0.3 is 6.36 Å². The lowest BCUT2D eigenvalue weighted by atomic mass is 10.2. The summed E-state index contributed by atoms with van der Waals surface area (Å²) < 4.78 is 56.0. The van der Waals surface area contributed by atoms with Crippen LogP contribution in [0.1, 0.15) is 5.56 Å². The van der Waals surface area contributed by atoms with Crippen LogP contribution in [0.2, 0.25) is 0 Å². The minimum Gasteiger partial charge on any atom is -0.488 e. The first-order valence-electron chi connectivity index (χ1n) is 4.45. The molecule has 0 spiro atoms. The molecule has 17 heavy (non-hydrogen) atoms. The number of nitrogens with zero attached hydrogens (tertiary/aromatic N) is 1. The molecule has 0 fully saturated rings. The lowest BCUT2D eigenvalue weighted by Gasteiger charge is -2.09. The van der Waals surface area contributed by atoms with E-state index in [0.717, 1.165) is 6.07 Å². The highest BCUT2D eigenvalue weighted by Crippen LogP contribution is 2.19. The summed E-state index contributed by atoms with van der Waals surface area (Å²) in [6, 6.07) is 5.11. The van der Waals surface area contributed by atoms with Crippen molar-refractivity contribution in [1.29, 1.82) is 5.26 Å². The van der Waals surface area contributed by atoms with Crippen molar-refractivity contribution in [2.24, 2.45) is 0 Å². The number of nitriles is 1. The molecule has 0 bridgehead atoms. The van der Waals surface area contributed by atoms with Crippen LogP contribution < -0.4 is 4.74 Å². The molecular formula is C10H7F4NO2. The summed E-state index contributed by atoms with van der Waals surface area (Å²) in [7, 11) is 0. The quantitative estimate of drug-likeness (QED) is 0.608. The maximum absolute atomic E-state index is 13.2. The van der Waals surface area contributed by atoms with E-state index < -0.39 is 25.4 Å². The zero-order valence-corrected chi connectivity index (χ0v) is 8.42. The van der Waals surface area contributed by atoms with Crippen LogP contribution in [0.15, 0.2) is 18.2 Å². The summed E-state index contributed by atoms with van der Waals surface area (Å²) >= 11 is 0. The smallest absolute Gasteiger partial charge is 0.488 e. The van der Waals surface area contributed by atoms with E-state index in [2.05, 4.69) is 4.74 Å². The minimum absolute atomic E-state index is 0.0985. The molecule has 0 saturated carbocycles. The molecule has 92 valence electrons. The maximum atomic E-state index is 13.2. The predicted molar refractivity (Wildman–Crippen MR) is 48.6 cm³/mol. The number of alkyl halides is 3. The Hall–Kier alpha value is -1.81. The fourth-order valence-electron chi connectivity index (χ4n) is 0.996. The highest BCUT2D eigenvalue weighted by molar-refractivity contribution is 5.35. The largest absolute Gasteiger partial charge is 0.522 e. The van der Waals surface area contributed by atoms with Crippen molar-refractivity contribution < 1.29 is 27.0 Å². The average Bonchev–Trinajstić information content (AvgIpc) is 2.24. The van der Waals surface area contributed by atoms with Gasteiger partial charge in [-0.3, -0.25) is 4.74 Å². The van der Waals surface area contributed by atoms with E-state index in [1.54, 1.807) is 6.07 Å². The van der Waals surface area contributed by atoms with E-state index in [0.29, 0.717) is 0 Å². The number of rotatable bonds is 4. The molecule has 0 aliphatic carbocycles. The zero-order valence-electron chi connectivity index (χ0n) is 8.42. The molecule has 0 N–H and O–H groups in total. The third-order valence-electron chi connectivity index (χ3n) is 1.67. The van der Waals surface area contributed by atoms with Crippen LogP contribution in [0.3, 0.4) is 0 Å². The van der Waals surface area contributed by atoms with Gasteiger partial charge in [0.25, 0.3) is 0 Å². The molecule has 0 unspecified atom stereocenters. The SMILES string of the molecule is N#Cc1ccc(OCCOC(F)(F)F)c(F)c1. The molecule has 7 heteroatoms. The van der Waals surface area contributed by atoms with Gasteiger partial charge in [0.1, 0.15) is 6.61 Å². The van der Waals surface area contributed by atoms with Crippen LogP contribution in [-0.4, -0.2) is 19.6 Å². The van der Waals surface area contributed by atoms with Crippen molar-refractivity contribution in [1.82, 2.24) is 0 Å². The Morgan fingerprint density at radius 3 is 2.47 bits per heavy atom. The Bertz CT molecular complexity index is 425. The summed E-state index contributed by atoms with van der Waals surface area (Å²) in [6.07, 6.45) is -4.73. The lowest BCUT2D eigenvalue weighted by molar-refractivity contribution is -0.325.